The fourth-order valence-corrected chi connectivity index (χ4v) is 5.02. The molecule has 2 aliphatic rings. The maximum Gasteiger partial charge on any atom is 0.279 e. The minimum absolute atomic E-state index is 0.0879. The first-order valence-corrected chi connectivity index (χ1v) is 10.8. The summed E-state index contributed by atoms with van der Waals surface area (Å²) in [6, 6.07) is 6.33. The van der Waals surface area contributed by atoms with Gasteiger partial charge in [0.05, 0.1) is 18.1 Å². The molecule has 0 bridgehead atoms. The van der Waals surface area contributed by atoms with Crippen molar-refractivity contribution in [3.63, 3.8) is 0 Å². The molecule has 9 heteroatoms. The van der Waals surface area contributed by atoms with Crippen molar-refractivity contribution < 1.29 is 27.6 Å². The summed E-state index contributed by atoms with van der Waals surface area (Å²) < 4.78 is 37.5. The number of carbonyl (C=O) groups is 1. The molecular weight excluding hydrogens is 370 g/mol. The van der Waals surface area contributed by atoms with Gasteiger partial charge in [0.25, 0.3) is 5.91 Å². The molecule has 2 heterocycles. The van der Waals surface area contributed by atoms with Crippen molar-refractivity contribution in [1.82, 2.24) is 4.31 Å². The Hall–Kier alpha value is -1.52. The number of ether oxygens (including phenoxy) is 2. The average molecular weight is 399 g/mol. The molecule has 1 amide bonds. The first-order valence-electron chi connectivity index (χ1n) is 9.31. The minimum Gasteiger partial charge on any atom is -0.379 e. The van der Waals surface area contributed by atoms with Gasteiger partial charge in [0.2, 0.25) is 10.0 Å². The summed E-state index contributed by atoms with van der Waals surface area (Å²) in [5, 5.41) is 2.85. The van der Waals surface area contributed by atoms with Gasteiger partial charge in [0.15, 0.2) is 6.54 Å². The Morgan fingerprint density at radius 2 is 1.74 bits per heavy atom. The van der Waals surface area contributed by atoms with Crippen molar-refractivity contribution in [1.29, 1.82) is 0 Å². The molecule has 1 aromatic rings. The summed E-state index contributed by atoms with van der Waals surface area (Å²) in [5.41, 5.74) is 0.592. The van der Waals surface area contributed by atoms with E-state index < -0.39 is 10.0 Å². The SMILES string of the molecule is C[C@H]1C[NH+](CC(=O)Nc2ccc(S(=O)(=O)N3CCOCC3)cc2)C[C@H](C)O1. The molecule has 0 radical (unpaired) electrons. The predicted octanol–water partition coefficient (Wildman–Crippen LogP) is -0.662. The zero-order chi connectivity index (χ0) is 19.4. The number of amides is 1. The van der Waals surface area contributed by atoms with Gasteiger partial charge in [-0.05, 0) is 38.1 Å². The summed E-state index contributed by atoms with van der Waals surface area (Å²) in [5.74, 6) is -0.0879. The summed E-state index contributed by atoms with van der Waals surface area (Å²) in [4.78, 5) is 13.7. The van der Waals surface area contributed by atoms with Gasteiger partial charge in [0.1, 0.15) is 25.3 Å². The molecule has 0 aromatic heterocycles. The zero-order valence-electron chi connectivity index (χ0n) is 15.8. The van der Waals surface area contributed by atoms with Crippen LogP contribution in [0.2, 0.25) is 0 Å². The Morgan fingerprint density at radius 3 is 2.33 bits per heavy atom. The minimum atomic E-state index is -3.52. The normalized spacial score (nSPS) is 27.3. The number of benzene rings is 1. The number of hydrogen-bond donors (Lipinski definition) is 2. The van der Waals surface area contributed by atoms with E-state index in [-0.39, 0.29) is 23.0 Å². The molecule has 27 heavy (non-hydrogen) atoms. The lowest BCUT2D eigenvalue weighted by Crippen LogP contribution is -3.16. The highest BCUT2D eigenvalue weighted by molar-refractivity contribution is 7.89. The van der Waals surface area contributed by atoms with Crippen molar-refractivity contribution >= 4 is 21.6 Å². The first-order chi connectivity index (χ1) is 12.8. The van der Waals surface area contributed by atoms with Crippen molar-refractivity contribution in [3.8, 4) is 0 Å². The third-order valence-electron chi connectivity index (χ3n) is 4.77. The van der Waals surface area contributed by atoms with Crippen LogP contribution in [-0.2, 0) is 24.3 Å². The van der Waals surface area contributed by atoms with E-state index in [0.29, 0.717) is 38.5 Å². The lowest BCUT2D eigenvalue weighted by atomic mass is 10.2. The molecular formula is C18H28N3O5S+. The van der Waals surface area contributed by atoms with Crippen LogP contribution in [0, 0.1) is 0 Å². The van der Waals surface area contributed by atoms with E-state index in [1.807, 2.05) is 13.8 Å². The average Bonchev–Trinajstić information content (AvgIpc) is 2.62. The Morgan fingerprint density at radius 1 is 1.15 bits per heavy atom. The number of morpholine rings is 2. The number of nitrogens with one attached hydrogen (secondary N) is 2. The van der Waals surface area contributed by atoms with Gasteiger partial charge >= 0.3 is 0 Å². The van der Waals surface area contributed by atoms with Crippen LogP contribution in [0.4, 0.5) is 5.69 Å². The molecule has 2 aliphatic heterocycles. The summed E-state index contributed by atoms with van der Waals surface area (Å²) in [7, 11) is -3.52. The van der Waals surface area contributed by atoms with Gasteiger partial charge in [-0.1, -0.05) is 0 Å². The van der Waals surface area contributed by atoms with Crippen molar-refractivity contribution in [2.24, 2.45) is 0 Å². The lowest BCUT2D eigenvalue weighted by Gasteiger charge is -2.31. The zero-order valence-corrected chi connectivity index (χ0v) is 16.6. The highest BCUT2D eigenvalue weighted by Crippen LogP contribution is 2.19. The molecule has 2 N–H and O–H groups in total. The van der Waals surface area contributed by atoms with E-state index >= 15 is 0 Å². The van der Waals surface area contributed by atoms with E-state index in [1.165, 1.54) is 21.3 Å². The van der Waals surface area contributed by atoms with Crippen LogP contribution in [0.25, 0.3) is 0 Å². The molecule has 2 saturated heterocycles. The Balaban J connectivity index is 1.58. The quantitative estimate of drug-likeness (QED) is 0.687. The van der Waals surface area contributed by atoms with Crippen LogP contribution < -0.4 is 10.2 Å². The largest absolute Gasteiger partial charge is 0.379 e. The highest BCUT2D eigenvalue weighted by atomic mass is 32.2. The first kappa shape index (κ1) is 20.2. The van der Waals surface area contributed by atoms with E-state index in [2.05, 4.69) is 5.32 Å². The smallest absolute Gasteiger partial charge is 0.279 e. The van der Waals surface area contributed by atoms with Gasteiger partial charge in [-0.25, -0.2) is 8.42 Å². The van der Waals surface area contributed by atoms with Crippen LogP contribution in [0.3, 0.4) is 0 Å². The van der Waals surface area contributed by atoms with Gasteiger partial charge in [-0.15, -0.1) is 0 Å². The monoisotopic (exact) mass is 398 g/mol. The molecule has 150 valence electrons. The highest BCUT2D eigenvalue weighted by Gasteiger charge is 2.28. The summed E-state index contributed by atoms with van der Waals surface area (Å²) in [6.45, 7) is 7.54. The van der Waals surface area contributed by atoms with E-state index in [0.717, 1.165) is 13.1 Å². The van der Waals surface area contributed by atoms with E-state index in [1.54, 1.807) is 12.1 Å². The van der Waals surface area contributed by atoms with E-state index in [9.17, 15) is 13.2 Å². The van der Waals surface area contributed by atoms with Gasteiger partial charge in [-0.2, -0.15) is 4.31 Å². The number of sulfonamides is 1. The van der Waals surface area contributed by atoms with Crippen molar-refractivity contribution in [3.05, 3.63) is 24.3 Å². The standard InChI is InChI=1S/C18H27N3O5S/c1-14-11-20(12-15(2)26-14)13-18(22)19-16-3-5-17(6-4-16)27(23,24)21-7-9-25-10-8-21/h3-6,14-15H,7-13H2,1-2H3,(H,19,22)/p+1/t14-,15-/m0/s1. The number of carbonyl (C=O) groups excluding carboxylic acids is 1. The lowest BCUT2D eigenvalue weighted by molar-refractivity contribution is -0.907. The second-order valence-corrected chi connectivity index (χ2v) is 9.12. The number of anilines is 1. The van der Waals surface area contributed by atoms with Crippen LogP contribution in [0.15, 0.2) is 29.2 Å². The molecule has 3 rings (SSSR count). The Labute approximate surface area is 160 Å². The van der Waals surface area contributed by atoms with Crippen molar-refractivity contribution in [2.75, 3.05) is 51.3 Å². The molecule has 0 saturated carbocycles. The summed E-state index contributed by atoms with van der Waals surface area (Å²) >= 11 is 0. The van der Waals surface area contributed by atoms with Gasteiger partial charge in [0, 0.05) is 18.8 Å². The molecule has 8 nitrogen and oxygen atoms in total. The molecule has 2 fully saturated rings. The molecule has 0 aliphatic carbocycles. The van der Waals surface area contributed by atoms with E-state index in [4.69, 9.17) is 9.47 Å². The van der Waals surface area contributed by atoms with Gasteiger partial charge in [-0.3, -0.25) is 4.79 Å². The predicted molar refractivity (Wildman–Crippen MR) is 100 cm³/mol. The fourth-order valence-electron chi connectivity index (χ4n) is 3.61. The Kier molecular flexibility index (Phi) is 6.48. The van der Waals surface area contributed by atoms with Crippen molar-refractivity contribution in [2.45, 2.75) is 31.0 Å². The third-order valence-corrected chi connectivity index (χ3v) is 6.69. The Bertz CT molecular complexity index is 737. The number of hydrogen-bond acceptors (Lipinski definition) is 5. The topological polar surface area (TPSA) is 89.4 Å². The molecule has 1 aromatic carbocycles. The second-order valence-electron chi connectivity index (χ2n) is 7.18. The maximum atomic E-state index is 12.6. The number of rotatable bonds is 5. The number of quaternary nitrogens is 1. The number of nitrogens with zero attached hydrogens (tertiary/aromatic N) is 1. The van der Waals surface area contributed by atoms with Crippen LogP contribution in [0.5, 0.6) is 0 Å². The third kappa shape index (κ3) is 5.26. The molecule has 2 atom stereocenters. The second kappa shape index (κ2) is 8.66. The van der Waals surface area contributed by atoms with Crippen LogP contribution in [-0.4, -0.2) is 76.8 Å². The molecule has 0 spiro atoms. The van der Waals surface area contributed by atoms with Crippen LogP contribution in [0.1, 0.15) is 13.8 Å². The van der Waals surface area contributed by atoms with Crippen LogP contribution >= 0.6 is 0 Å². The van der Waals surface area contributed by atoms with Gasteiger partial charge < -0.3 is 19.7 Å². The maximum absolute atomic E-state index is 12.6. The summed E-state index contributed by atoms with van der Waals surface area (Å²) in [6.07, 6.45) is 0.280. The fraction of sp³-hybridized carbons (Fsp3) is 0.611. The molecule has 0 unspecified atom stereocenters.